The average molecular weight is 560 g/mol. The number of hydrogen-bond acceptors (Lipinski definition) is 0. The summed E-state index contributed by atoms with van der Waals surface area (Å²) in [6, 6.07) is 39.1. The van der Waals surface area contributed by atoms with Gasteiger partial charge in [0, 0.05) is 0 Å². The van der Waals surface area contributed by atoms with E-state index in [0.29, 0.717) is 0 Å². The van der Waals surface area contributed by atoms with Gasteiger partial charge in [-0.15, -0.1) is 17.0 Å². The van der Waals surface area contributed by atoms with Crippen molar-refractivity contribution in [1.29, 1.82) is 0 Å². The van der Waals surface area contributed by atoms with E-state index in [2.05, 4.69) is 144 Å². The zero-order valence-corrected chi connectivity index (χ0v) is 25.2. The second-order valence-electron chi connectivity index (χ2n) is 12.0. The van der Waals surface area contributed by atoms with E-state index in [1.54, 1.807) is 0 Å². The molecule has 0 unspecified atom stereocenters. The Balaban J connectivity index is 0.00000304. The molecule has 0 bridgehead atoms. The molecule has 1 aliphatic carbocycles. The molecular formula is C34H40BrP. The van der Waals surface area contributed by atoms with E-state index in [4.69, 9.17) is 0 Å². The summed E-state index contributed by atoms with van der Waals surface area (Å²) >= 11 is 0. The first-order valence-electron chi connectivity index (χ1n) is 12.9. The first-order valence-corrected chi connectivity index (χ1v) is 15.6. The zero-order valence-electron chi connectivity index (χ0n) is 22.6. The molecule has 0 N–H and O–H groups in total. The predicted molar refractivity (Wildman–Crippen MR) is 167 cm³/mol. The van der Waals surface area contributed by atoms with Gasteiger partial charge in [0.05, 0.1) is 0 Å². The predicted octanol–water partition coefficient (Wildman–Crippen LogP) is 7.71. The van der Waals surface area contributed by atoms with Gasteiger partial charge in [0.15, 0.2) is 0 Å². The van der Waals surface area contributed by atoms with Crippen LogP contribution in [-0.2, 0) is 10.8 Å². The molecule has 188 valence electrons. The van der Waals surface area contributed by atoms with Gasteiger partial charge >= 0.3 is 213 Å². The van der Waals surface area contributed by atoms with Crippen LogP contribution in [0.3, 0.4) is 0 Å². The summed E-state index contributed by atoms with van der Waals surface area (Å²) in [5, 5.41) is 5.77. The molecule has 0 spiro atoms. The monoisotopic (exact) mass is 558 g/mol. The molecule has 2 heteroatoms. The van der Waals surface area contributed by atoms with Crippen molar-refractivity contribution in [2.45, 2.75) is 58.3 Å². The Morgan fingerprint density at radius 3 is 1.25 bits per heavy atom. The third kappa shape index (κ3) is 3.82. The Hall–Kier alpha value is -2.21. The standard InChI is InChI=1S/C34H39P.BrH/c1-26-24-30-31(34(4,5)23-22-33(30,2)3)25-32(26)35(6,27-16-10-7-11-17-27,28-18-12-8-13-19-28)29-20-14-9-15-21-29;/h7-21,24-25H,22-23H2,1-6H3;1H. The van der Waals surface area contributed by atoms with Crippen molar-refractivity contribution >= 4 is 44.8 Å². The van der Waals surface area contributed by atoms with Crippen molar-refractivity contribution in [2.75, 3.05) is 6.66 Å². The van der Waals surface area contributed by atoms with E-state index in [-0.39, 0.29) is 27.8 Å². The van der Waals surface area contributed by atoms with Crippen LogP contribution >= 0.6 is 23.6 Å². The van der Waals surface area contributed by atoms with Crippen molar-refractivity contribution in [3.63, 3.8) is 0 Å². The van der Waals surface area contributed by atoms with Crippen LogP contribution in [0.1, 0.15) is 57.2 Å². The zero-order chi connectivity index (χ0) is 24.9. The van der Waals surface area contributed by atoms with Gasteiger partial charge in [-0.2, -0.15) is 0 Å². The molecule has 0 nitrogen and oxygen atoms in total. The van der Waals surface area contributed by atoms with Gasteiger partial charge < -0.3 is 0 Å². The van der Waals surface area contributed by atoms with Crippen LogP contribution in [0.25, 0.3) is 0 Å². The molecule has 0 saturated heterocycles. The normalized spacial score (nSPS) is 17.2. The molecule has 36 heavy (non-hydrogen) atoms. The molecule has 0 radical (unpaired) electrons. The first-order chi connectivity index (χ1) is 16.6. The first kappa shape index (κ1) is 26.8. The molecule has 0 aliphatic heterocycles. The van der Waals surface area contributed by atoms with Crippen LogP contribution in [0.4, 0.5) is 0 Å². The molecule has 0 amide bonds. The van der Waals surface area contributed by atoms with Crippen LogP contribution < -0.4 is 21.2 Å². The van der Waals surface area contributed by atoms with Crippen LogP contribution in [0.5, 0.6) is 0 Å². The maximum absolute atomic E-state index is 3.04. The van der Waals surface area contributed by atoms with Crippen LogP contribution in [-0.4, -0.2) is 6.66 Å². The summed E-state index contributed by atoms with van der Waals surface area (Å²) < 4.78 is 0. The van der Waals surface area contributed by atoms with E-state index in [0.717, 1.165) is 0 Å². The van der Waals surface area contributed by atoms with Gasteiger partial charge in [-0.25, -0.2) is 0 Å². The van der Waals surface area contributed by atoms with E-state index in [9.17, 15) is 0 Å². The Bertz CT molecular complexity index is 1260. The minimum atomic E-state index is -3.04. The Kier molecular flexibility index (Phi) is 6.91. The molecule has 0 saturated carbocycles. The van der Waals surface area contributed by atoms with E-state index >= 15 is 0 Å². The van der Waals surface area contributed by atoms with Gasteiger partial charge in [-0.05, 0) is 0 Å². The van der Waals surface area contributed by atoms with Crippen molar-refractivity contribution in [3.8, 4) is 0 Å². The van der Waals surface area contributed by atoms with E-state index < -0.39 is 6.60 Å². The molecule has 4 aromatic carbocycles. The summed E-state index contributed by atoms with van der Waals surface area (Å²) in [6.07, 6.45) is 2.45. The molecule has 5 rings (SSSR count). The minimum absolute atomic E-state index is 0. The summed E-state index contributed by atoms with van der Waals surface area (Å²) in [5.41, 5.74) is 4.84. The third-order valence-electron chi connectivity index (χ3n) is 8.98. The van der Waals surface area contributed by atoms with Gasteiger partial charge in [0.25, 0.3) is 0 Å². The third-order valence-corrected chi connectivity index (χ3v) is 15.4. The Labute approximate surface area is 228 Å². The molecule has 0 heterocycles. The summed E-state index contributed by atoms with van der Waals surface area (Å²) in [5.74, 6) is 0. The van der Waals surface area contributed by atoms with Crippen molar-refractivity contribution in [1.82, 2.24) is 0 Å². The molecule has 0 aromatic heterocycles. The Morgan fingerprint density at radius 2 is 0.889 bits per heavy atom. The van der Waals surface area contributed by atoms with E-state index in [1.807, 2.05) is 0 Å². The van der Waals surface area contributed by atoms with Crippen LogP contribution in [0.15, 0.2) is 103 Å². The molecular weight excluding hydrogens is 519 g/mol. The molecule has 0 fully saturated rings. The van der Waals surface area contributed by atoms with Crippen molar-refractivity contribution < 1.29 is 0 Å². The number of hydrogen-bond donors (Lipinski definition) is 0. The van der Waals surface area contributed by atoms with Gasteiger partial charge in [0.2, 0.25) is 0 Å². The fourth-order valence-corrected chi connectivity index (χ4v) is 12.5. The van der Waals surface area contributed by atoms with Crippen LogP contribution in [0.2, 0.25) is 0 Å². The quantitative estimate of drug-likeness (QED) is 0.225. The number of fused-ring (bicyclic) bond motifs is 1. The molecule has 1 aliphatic rings. The maximum atomic E-state index is 2.64. The summed E-state index contributed by atoms with van der Waals surface area (Å²) in [6.45, 7) is 11.6. The number of rotatable bonds is 4. The van der Waals surface area contributed by atoms with E-state index in [1.165, 1.54) is 50.8 Å². The van der Waals surface area contributed by atoms with Crippen LogP contribution in [0, 0.1) is 6.92 Å². The topological polar surface area (TPSA) is 0 Å². The number of benzene rings is 4. The second kappa shape index (κ2) is 9.27. The second-order valence-corrected chi connectivity index (χ2v) is 17.2. The SMILES string of the molecule is Br.Cc1cc2c(cc1P(C)(c1ccccc1)(c1ccccc1)c1ccccc1)C(C)(C)CCC2(C)C. The fourth-order valence-electron chi connectivity index (χ4n) is 6.58. The number of halogens is 1. The van der Waals surface area contributed by atoms with Crippen molar-refractivity contribution in [3.05, 3.63) is 120 Å². The van der Waals surface area contributed by atoms with Gasteiger partial charge in [-0.3, -0.25) is 0 Å². The van der Waals surface area contributed by atoms with Crippen molar-refractivity contribution in [2.24, 2.45) is 0 Å². The summed E-state index contributed by atoms with van der Waals surface area (Å²) in [4.78, 5) is 0. The summed E-state index contributed by atoms with van der Waals surface area (Å²) in [7, 11) is 0. The number of aryl methyl sites for hydroxylation is 1. The molecule has 0 atom stereocenters. The Morgan fingerprint density at radius 1 is 0.556 bits per heavy atom. The van der Waals surface area contributed by atoms with Gasteiger partial charge in [0.1, 0.15) is 0 Å². The fraction of sp³-hybridized carbons (Fsp3) is 0.294. The van der Waals surface area contributed by atoms with Gasteiger partial charge in [-0.1, -0.05) is 0 Å². The molecule has 4 aromatic rings. The average Bonchev–Trinajstić information content (AvgIpc) is 2.88.